The lowest BCUT2D eigenvalue weighted by molar-refractivity contribution is 0.0244. The van der Waals surface area contributed by atoms with Gasteiger partial charge in [-0.3, -0.25) is 4.79 Å². The zero-order valence-corrected chi connectivity index (χ0v) is 19.6. The molecule has 0 spiro atoms. The number of halogens is 3. The van der Waals surface area contributed by atoms with Gasteiger partial charge in [0.15, 0.2) is 5.65 Å². The molecule has 10 heteroatoms. The molecule has 1 amide bonds. The molecule has 4 atom stereocenters. The van der Waals surface area contributed by atoms with E-state index in [0.717, 1.165) is 30.5 Å². The molecule has 3 N–H and O–H groups in total. The van der Waals surface area contributed by atoms with Crippen molar-refractivity contribution in [2.24, 2.45) is 11.8 Å². The van der Waals surface area contributed by atoms with Gasteiger partial charge in [-0.25, -0.2) is 18.3 Å². The first-order valence-electron chi connectivity index (χ1n) is 11.3. The molecule has 6 rings (SSSR count). The molecule has 3 heterocycles. The van der Waals surface area contributed by atoms with E-state index in [4.69, 9.17) is 16.3 Å². The molecule has 1 unspecified atom stereocenters. The lowest BCUT2D eigenvalue weighted by Gasteiger charge is -2.32. The minimum Gasteiger partial charge on any atom is -0.486 e. The van der Waals surface area contributed by atoms with Gasteiger partial charge in [0.25, 0.3) is 5.91 Å². The summed E-state index contributed by atoms with van der Waals surface area (Å²) in [5, 5.41) is 5.04. The lowest BCUT2D eigenvalue weighted by Crippen LogP contribution is -2.38. The van der Waals surface area contributed by atoms with Crippen molar-refractivity contribution in [3.05, 3.63) is 57.8 Å². The SMILES string of the molecule is Cc1nc2c3c(nn2cc1Cl)CN(C(=O)c1ccc(F)cc1O[C@@H]1C[C@@H]2CC[C@H](C2)C1F)C3.N. The molecular weight excluding hydrogens is 464 g/mol. The molecular formula is C24H26ClF2N5O2. The highest BCUT2D eigenvalue weighted by Crippen LogP contribution is 2.45. The summed E-state index contributed by atoms with van der Waals surface area (Å²) in [6.07, 6.45) is 3.33. The van der Waals surface area contributed by atoms with E-state index in [9.17, 15) is 13.6 Å². The third-order valence-electron chi connectivity index (χ3n) is 7.30. The number of hydrogen-bond acceptors (Lipinski definition) is 5. The van der Waals surface area contributed by atoms with E-state index in [1.54, 1.807) is 15.6 Å². The number of ether oxygens (including phenoxy) is 1. The van der Waals surface area contributed by atoms with Crippen LogP contribution in [0.3, 0.4) is 0 Å². The van der Waals surface area contributed by atoms with Crippen molar-refractivity contribution in [1.82, 2.24) is 25.6 Å². The molecule has 180 valence electrons. The van der Waals surface area contributed by atoms with Crippen molar-refractivity contribution in [2.45, 2.75) is 58.0 Å². The second-order valence-corrected chi connectivity index (χ2v) is 9.85. The van der Waals surface area contributed by atoms with Gasteiger partial charge in [-0.05, 0) is 56.6 Å². The van der Waals surface area contributed by atoms with Crippen molar-refractivity contribution in [3.63, 3.8) is 0 Å². The van der Waals surface area contributed by atoms with Gasteiger partial charge in [0.05, 0.1) is 41.3 Å². The Bertz CT molecular complexity index is 1280. The van der Waals surface area contributed by atoms with Crippen LogP contribution in [0.1, 0.15) is 53.0 Å². The van der Waals surface area contributed by atoms with Gasteiger partial charge in [0, 0.05) is 11.6 Å². The molecule has 2 fully saturated rings. The third kappa shape index (κ3) is 3.71. The Labute approximate surface area is 200 Å². The van der Waals surface area contributed by atoms with Gasteiger partial charge in [0.2, 0.25) is 0 Å². The highest BCUT2D eigenvalue weighted by atomic mass is 35.5. The van der Waals surface area contributed by atoms with E-state index < -0.39 is 18.1 Å². The van der Waals surface area contributed by atoms with Crippen molar-refractivity contribution >= 4 is 23.2 Å². The second kappa shape index (κ2) is 8.46. The van der Waals surface area contributed by atoms with Crippen LogP contribution in [0.15, 0.2) is 24.4 Å². The molecule has 1 aliphatic heterocycles. The third-order valence-corrected chi connectivity index (χ3v) is 7.67. The van der Waals surface area contributed by atoms with Crippen LogP contribution in [0.2, 0.25) is 5.02 Å². The highest BCUT2D eigenvalue weighted by molar-refractivity contribution is 6.31. The van der Waals surface area contributed by atoms with Crippen LogP contribution in [0.25, 0.3) is 5.65 Å². The number of carbonyl (C=O) groups is 1. The molecule has 7 nitrogen and oxygen atoms in total. The molecule has 3 aromatic rings. The monoisotopic (exact) mass is 489 g/mol. The predicted molar refractivity (Wildman–Crippen MR) is 122 cm³/mol. The molecule has 2 saturated carbocycles. The molecule has 3 aliphatic rings. The van der Waals surface area contributed by atoms with E-state index in [1.165, 1.54) is 18.2 Å². The van der Waals surface area contributed by atoms with Gasteiger partial charge in [-0.1, -0.05) is 11.6 Å². The Hall–Kier alpha value is -2.78. The van der Waals surface area contributed by atoms with Gasteiger partial charge in [0.1, 0.15) is 23.8 Å². The Kier molecular flexibility index (Phi) is 5.72. The molecule has 34 heavy (non-hydrogen) atoms. The van der Waals surface area contributed by atoms with E-state index in [1.807, 2.05) is 6.92 Å². The minimum absolute atomic E-state index is 0. The highest BCUT2D eigenvalue weighted by Gasteiger charge is 2.44. The minimum atomic E-state index is -1.10. The number of benzene rings is 1. The Morgan fingerprint density at radius 3 is 2.88 bits per heavy atom. The van der Waals surface area contributed by atoms with Crippen LogP contribution in [-0.2, 0) is 13.1 Å². The van der Waals surface area contributed by atoms with Crippen LogP contribution < -0.4 is 10.9 Å². The number of nitrogens with zero attached hydrogens (tertiary/aromatic N) is 4. The smallest absolute Gasteiger partial charge is 0.258 e. The van der Waals surface area contributed by atoms with Gasteiger partial charge >= 0.3 is 0 Å². The molecule has 1 aromatic carbocycles. The van der Waals surface area contributed by atoms with Crippen molar-refractivity contribution < 1.29 is 18.3 Å². The maximum atomic E-state index is 15.0. The number of amides is 1. The fourth-order valence-electron chi connectivity index (χ4n) is 5.58. The maximum absolute atomic E-state index is 15.0. The van der Waals surface area contributed by atoms with E-state index in [-0.39, 0.29) is 29.3 Å². The van der Waals surface area contributed by atoms with Gasteiger partial charge in [-0.15, -0.1) is 0 Å². The zero-order chi connectivity index (χ0) is 22.9. The van der Waals surface area contributed by atoms with Crippen molar-refractivity contribution in [2.75, 3.05) is 0 Å². The van der Waals surface area contributed by atoms with Gasteiger partial charge < -0.3 is 15.8 Å². The first-order valence-corrected chi connectivity index (χ1v) is 11.7. The summed E-state index contributed by atoms with van der Waals surface area (Å²) in [5.74, 6) is -0.283. The van der Waals surface area contributed by atoms with Crippen LogP contribution in [0.4, 0.5) is 8.78 Å². The van der Waals surface area contributed by atoms with Gasteiger partial charge in [-0.2, -0.15) is 5.10 Å². The quantitative estimate of drug-likeness (QED) is 0.555. The van der Waals surface area contributed by atoms with E-state index in [0.29, 0.717) is 41.8 Å². The summed E-state index contributed by atoms with van der Waals surface area (Å²) in [7, 11) is 0. The molecule has 2 aliphatic carbocycles. The number of aromatic nitrogens is 3. The van der Waals surface area contributed by atoms with Crippen molar-refractivity contribution in [1.29, 1.82) is 0 Å². The Morgan fingerprint density at radius 1 is 1.24 bits per heavy atom. The summed E-state index contributed by atoms with van der Waals surface area (Å²) in [6, 6.07) is 3.84. The molecule has 0 radical (unpaired) electrons. The van der Waals surface area contributed by atoms with E-state index in [2.05, 4.69) is 10.1 Å². The number of hydrogen-bond donors (Lipinski definition) is 1. The maximum Gasteiger partial charge on any atom is 0.258 e. The fraction of sp³-hybridized carbons (Fsp3) is 0.458. The normalized spacial score (nSPS) is 25.4. The van der Waals surface area contributed by atoms with Crippen LogP contribution in [-0.4, -0.2) is 37.7 Å². The number of aryl methyl sites for hydroxylation is 1. The topological polar surface area (TPSA) is 94.7 Å². The number of alkyl halides is 1. The summed E-state index contributed by atoms with van der Waals surface area (Å²) in [4.78, 5) is 19.6. The predicted octanol–water partition coefficient (Wildman–Crippen LogP) is 5.05. The van der Waals surface area contributed by atoms with Crippen molar-refractivity contribution in [3.8, 4) is 5.75 Å². The van der Waals surface area contributed by atoms with E-state index >= 15 is 0 Å². The van der Waals surface area contributed by atoms with Crippen LogP contribution >= 0.6 is 11.6 Å². The molecule has 0 saturated heterocycles. The zero-order valence-electron chi connectivity index (χ0n) is 18.8. The summed E-state index contributed by atoms with van der Waals surface area (Å²) < 4.78 is 36.7. The summed E-state index contributed by atoms with van der Waals surface area (Å²) >= 11 is 6.15. The number of carbonyl (C=O) groups excluding carboxylic acids is 1. The number of fused-ring (bicyclic) bond motifs is 5. The second-order valence-electron chi connectivity index (χ2n) is 9.44. The summed E-state index contributed by atoms with van der Waals surface area (Å²) in [5.41, 5.74) is 3.19. The Balaban J connectivity index is 0.00000241. The van der Waals surface area contributed by atoms with Crippen LogP contribution in [0.5, 0.6) is 5.75 Å². The Morgan fingerprint density at radius 2 is 2.06 bits per heavy atom. The first kappa shape index (κ1) is 23.0. The average Bonchev–Trinajstić information content (AvgIpc) is 3.46. The largest absolute Gasteiger partial charge is 0.486 e. The number of rotatable bonds is 3. The first-order chi connectivity index (χ1) is 15.9. The molecule has 2 bridgehead atoms. The average molecular weight is 490 g/mol. The van der Waals surface area contributed by atoms with Crippen LogP contribution in [0, 0.1) is 24.6 Å². The fourth-order valence-corrected chi connectivity index (χ4v) is 5.72. The lowest BCUT2D eigenvalue weighted by atomic mass is 9.85. The standard InChI is InChI=1S/C24H23ClF2N4O2.H3N/c1-12-18(25)10-31-23(28-12)17-9-30(11-19(17)29-31)24(32)16-5-4-15(26)8-20(16)33-21-7-13-2-3-14(6-13)22(21)27;/h4-5,8,10,13-14,21-22H,2-3,6-7,9,11H2,1H3;1H3/t13-,14-,21-,22?;/m1./s1. The summed E-state index contributed by atoms with van der Waals surface area (Å²) in [6.45, 7) is 2.43. The molecule has 2 aromatic heterocycles.